The van der Waals surface area contributed by atoms with Gasteiger partial charge >= 0.3 is 0 Å². The molecule has 4 nitrogen and oxygen atoms in total. The van der Waals surface area contributed by atoms with Crippen molar-refractivity contribution in [1.82, 2.24) is 9.13 Å². The Hall–Kier alpha value is -9.38. The van der Waals surface area contributed by atoms with Gasteiger partial charge in [0, 0.05) is 67.0 Å². The Morgan fingerprint density at radius 1 is 0.200 bits per heavy atom. The predicted octanol–water partition coefficient (Wildman–Crippen LogP) is 18.2. The van der Waals surface area contributed by atoms with E-state index in [0.717, 1.165) is 62.1 Å². The molecule has 330 valence electrons. The molecule has 0 saturated heterocycles. The lowest BCUT2D eigenvalue weighted by molar-refractivity contribution is 1.17. The highest BCUT2D eigenvalue weighted by Gasteiger charge is 2.19. The molecule has 0 atom stereocenters. The average Bonchev–Trinajstić information content (AvgIpc) is 3.95. The Bertz CT molecular complexity index is 3880. The number of rotatable bonds is 10. The van der Waals surface area contributed by atoms with Crippen LogP contribution in [0, 0.1) is 0 Å². The number of benzene rings is 11. The largest absolute Gasteiger partial charge is 0.311 e. The van der Waals surface area contributed by atoms with Crippen LogP contribution >= 0.6 is 0 Å². The van der Waals surface area contributed by atoms with Crippen LogP contribution in [0.2, 0.25) is 0 Å². The quantitative estimate of drug-likeness (QED) is 0.136. The molecule has 0 N–H and O–H groups in total. The van der Waals surface area contributed by atoms with Crippen molar-refractivity contribution in [1.29, 1.82) is 0 Å². The first-order valence-electron chi connectivity index (χ1n) is 23.9. The maximum Gasteiger partial charge on any atom is 0.0541 e. The van der Waals surface area contributed by atoms with Crippen LogP contribution in [-0.4, -0.2) is 9.13 Å². The fourth-order valence-corrected chi connectivity index (χ4v) is 10.4. The van der Waals surface area contributed by atoms with Gasteiger partial charge in [-0.05, 0) is 162 Å². The van der Waals surface area contributed by atoms with Gasteiger partial charge in [-0.1, -0.05) is 140 Å². The topological polar surface area (TPSA) is 16.3 Å². The van der Waals surface area contributed by atoms with E-state index in [9.17, 15) is 0 Å². The summed E-state index contributed by atoms with van der Waals surface area (Å²) in [5.41, 5.74) is 18.3. The van der Waals surface area contributed by atoms with Crippen LogP contribution in [0.5, 0.6) is 0 Å². The highest BCUT2D eigenvalue weighted by molar-refractivity contribution is 6.13. The Kier molecular flexibility index (Phi) is 10.1. The zero-order valence-corrected chi connectivity index (χ0v) is 38.3. The molecule has 13 rings (SSSR count). The molecule has 11 aromatic carbocycles. The molecule has 70 heavy (non-hydrogen) atoms. The van der Waals surface area contributed by atoms with Gasteiger partial charge in [0.05, 0.1) is 22.1 Å². The Balaban J connectivity index is 0.951. The minimum absolute atomic E-state index is 1.09. The van der Waals surface area contributed by atoms with E-state index in [1.54, 1.807) is 0 Å². The summed E-state index contributed by atoms with van der Waals surface area (Å²) in [5.74, 6) is 0. The first-order valence-corrected chi connectivity index (χ1v) is 23.9. The predicted molar refractivity (Wildman–Crippen MR) is 295 cm³/mol. The van der Waals surface area contributed by atoms with Crippen LogP contribution in [0.15, 0.2) is 279 Å². The zero-order chi connectivity index (χ0) is 46.4. The maximum atomic E-state index is 2.43. The summed E-state index contributed by atoms with van der Waals surface area (Å²) in [7, 11) is 0. The van der Waals surface area contributed by atoms with Crippen LogP contribution < -0.4 is 9.80 Å². The fourth-order valence-electron chi connectivity index (χ4n) is 10.4. The van der Waals surface area contributed by atoms with Crippen LogP contribution in [-0.2, 0) is 0 Å². The lowest BCUT2D eigenvalue weighted by Gasteiger charge is -2.25. The van der Waals surface area contributed by atoms with Gasteiger partial charge in [-0.3, -0.25) is 0 Å². The van der Waals surface area contributed by atoms with E-state index < -0.39 is 0 Å². The molecular weight excluding hydrogens is 849 g/mol. The highest BCUT2D eigenvalue weighted by Crippen LogP contribution is 2.42. The lowest BCUT2D eigenvalue weighted by atomic mass is 9.99. The second-order valence-corrected chi connectivity index (χ2v) is 17.8. The second kappa shape index (κ2) is 17.4. The van der Waals surface area contributed by atoms with E-state index in [1.165, 1.54) is 49.3 Å². The molecule has 0 spiro atoms. The van der Waals surface area contributed by atoms with Gasteiger partial charge < -0.3 is 18.9 Å². The third-order valence-electron chi connectivity index (χ3n) is 13.7. The summed E-state index contributed by atoms with van der Waals surface area (Å²) < 4.78 is 4.80. The van der Waals surface area contributed by atoms with E-state index in [1.807, 2.05) is 0 Å². The van der Waals surface area contributed by atoms with Gasteiger partial charge in [-0.15, -0.1) is 0 Å². The third-order valence-corrected chi connectivity index (χ3v) is 13.7. The molecule has 0 aliphatic heterocycles. The van der Waals surface area contributed by atoms with Crippen molar-refractivity contribution in [3.8, 4) is 33.6 Å². The van der Waals surface area contributed by atoms with Crippen molar-refractivity contribution in [2.75, 3.05) is 9.80 Å². The average molecular weight is 895 g/mol. The van der Waals surface area contributed by atoms with E-state index in [4.69, 9.17) is 0 Å². The normalized spacial score (nSPS) is 11.4. The lowest BCUT2D eigenvalue weighted by Crippen LogP contribution is -2.09. The van der Waals surface area contributed by atoms with Crippen LogP contribution in [0.25, 0.3) is 77.2 Å². The Labute approximate surface area is 407 Å². The first-order chi connectivity index (χ1) is 34.7. The number of anilines is 6. The molecule has 4 heteroatoms. The zero-order valence-electron chi connectivity index (χ0n) is 38.3. The van der Waals surface area contributed by atoms with Gasteiger partial charge in [-0.25, -0.2) is 0 Å². The summed E-state index contributed by atoms with van der Waals surface area (Å²) in [6, 6.07) is 101. The van der Waals surface area contributed by atoms with E-state index in [0.29, 0.717) is 0 Å². The molecule has 0 bridgehead atoms. The molecular formula is C66H46N4. The van der Waals surface area contributed by atoms with Gasteiger partial charge in [0.15, 0.2) is 0 Å². The van der Waals surface area contributed by atoms with Gasteiger partial charge in [0.1, 0.15) is 0 Å². The van der Waals surface area contributed by atoms with E-state index in [-0.39, 0.29) is 0 Å². The highest BCUT2D eigenvalue weighted by atomic mass is 15.1. The summed E-state index contributed by atoms with van der Waals surface area (Å²) in [5, 5.41) is 4.89. The van der Waals surface area contributed by atoms with Gasteiger partial charge in [0.25, 0.3) is 0 Å². The van der Waals surface area contributed by atoms with Crippen molar-refractivity contribution in [3.05, 3.63) is 279 Å². The van der Waals surface area contributed by atoms with E-state index in [2.05, 4.69) is 298 Å². The molecule has 0 unspecified atom stereocenters. The van der Waals surface area contributed by atoms with Crippen LogP contribution in [0.1, 0.15) is 0 Å². The number of para-hydroxylation sites is 6. The van der Waals surface area contributed by atoms with Crippen molar-refractivity contribution >= 4 is 77.7 Å². The summed E-state index contributed by atoms with van der Waals surface area (Å²) in [6.07, 6.45) is 0. The maximum absolute atomic E-state index is 2.43. The fraction of sp³-hybridized carbons (Fsp3) is 0. The molecule has 0 aliphatic carbocycles. The van der Waals surface area contributed by atoms with Crippen molar-refractivity contribution in [2.24, 2.45) is 0 Å². The molecule has 13 aromatic rings. The second-order valence-electron chi connectivity index (χ2n) is 17.8. The van der Waals surface area contributed by atoms with Crippen LogP contribution in [0.4, 0.5) is 34.1 Å². The smallest absolute Gasteiger partial charge is 0.0541 e. The minimum atomic E-state index is 1.09. The number of nitrogens with zero attached hydrogens (tertiary/aromatic N) is 4. The summed E-state index contributed by atoms with van der Waals surface area (Å²) in [4.78, 5) is 4.62. The minimum Gasteiger partial charge on any atom is -0.311 e. The number of hydrogen-bond donors (Lipinski definition) is 0. The Morgan fingerprint density at radius 2 is 0.486 bits per heavy atom. The van der Waals surface area contributed by atoms with Crippen molar-refractivity contribution in [3.63, 3.8) is 0 Å². The van der Waals surface area contributed by atoms with E-state index >= 15 is 0 Å². The number of aromatic nitrogens is 2. The van der Waals surface area contributed by atoms with Gasteiger partial charge in [0.2, 0.25) is 0 Å². The Morgan fingerprint density at radius 3 is 0.914 bits per heavy atom. The SMILES string of the molecule is c1ccc(N(c2ccccc2)c2ccc(-c3ccc4c(c3)c3cc(-c5ccc6c(c5)c5ccccc5n6-c5ccccc5)ccc3n4-c3ccc(N(c4ccccc4)c4ccccc4)cc3)cc2)cc1. The number of fused-ring (bicyclic) bond motifs is 6. The molecule has 0 radical (unpaired) electrons. The third kappa shape index (κ3) is 7.18. The molecule has 0 saturated carbocycles. The number of hydrogen-bond acceptors (Lipinski definition) is 2. The molecule has 2 heterocycles. The molecule has 0 amide bonds. The monoisotopic (exact) mass is 894 g/mol. The van der Waals surface area contributed by atoms with Crippen molar-refractivity contribution in [2.45, 2.75) is 0 Å². The van der Waals surface area contributed by atoms with Crippen molar-refractivity contribution < 1.29 is 0 Å². The molecule has 0 aliphatic rings. The summed E-state index contributed by atoms with van der Waals surface area (Å²) in [6.45, 7) is 0. The standard InChI is InChI=1S/C66H46N4/c1-6-18-51(19-7-1)67(52-20-8-2-9-21-52)56-35-30-47(31-36-56)48-32-41-65-61(44-48)62-46-50(49-33-42-64-60(45-49)59-28-16-17-29-63(59)69(64)55-26-14-5-15-27-55)34-43-66(62)70(65)58-39-37-57(38-40-58)68(53-22-10-3-11-23-53)54-24-12-4-13-25-54/h1-46H. The first kappa shape index (κ1) is 40.9. The summed E-state index contributed by atoms with van der Waals surface area (Å²) >= 11 is 0. The van der Waals surface area contributed by atoms with Gasteiger partial charge in [-0.2, -0.15) is 0 Å². The molecule has 2 aromatic heterocycles. The van der Waals surface area contributed by atoms with Crippen LogP contribution in [0.3, 0.4) is 0 Å². The molecule has 0 fully saturated rings.